The molecular weight excluding hydrogens is 529 g/mol. The molecule has 0 bridgehead atoms. The van der Waals surface area contributed by atoms with Gasteiger partial charge in [-0.1, -0.05) is 25.1 Å². The molecule has 6 nitrogen and oxygen atoms in total. The molecule has 1 fully saturated rings. The molecule has 2 aliphatic carbocycles. The predicted molar refractivity (Wildman–Crippen MR) is 138 cm³/mol. The maximum Gasteiger partial charge on any atom is 0.416 e. The van der Waals surface area contributed by atoms with E-state index in [2.05, 4.69) is 0 Å². The molecule has 3 aromatic rings. The van der Waals surface area contributed by atoms with Crippen LogP contribution in [0.1, 0.15) is 76.5 Å². The van der Waals surface area contributed by atoms with Crippen molar-refractivity contribution in [2.75, 3.05) is 13.7 Å². The van der Waals surface area contributed by atoms with Crippen molar-refractivity contribution in [1.29, 1.82) is 0 Å². The highest BCUT2D eigenvalue weighted by atomic mass is 32.2. The third-order valence-corrected chi connectivity index (χ3v) is 10.1. The normalized spacial score (nSPS) is 22.7. The van der Waals surface area contributed by atoms with Crippen molar-refractivity contribution >= 4 is 16.0 Å². The van der Waals surface area contributed by atoms with E-state index in [1.54, 1.807) is 6.07 Å². The largest absolute Gasteiger partial charge is 0.465 e. The van der Waals surface area contributed by atoms with Crippen molar-refractivity contribution < 1.29 is 31.1 Å². The molecule has 1 aliphatic heterocycles. The summed E-state index contributed by atoms with van der Waals surface area (Å²) in [6, 6.07) is 10.1. The van der Waals surface area contributed by atoms with Gasteiger partial charge in [-0.15, -0.1) is 0 Å². The number of methoxy groups -OCH3 is 1. The van der Waals surface area contributed by atoms with Gasteiger partial charge < -0.3 is 9.30 Å². The van der Waals surface area contributed by atoms with Crippen LogP contribution < -0.4 is 0 Å². The first kappa shape index (κ1) is 26.1. The molecule has 2 atom stereocenters. The molecule has 1 aromatic heterocycles. The maximum atomic E-state index is 14.0. The monoisotopic (exact) mass is 558 g/mol. The molecule has 0 amide bonds. The van der Waals surface area contributed by atoms with Crippen LogP contribution in [0, 0.1) is 5.92 Å². The smallest absolute Gasteiger partial charge is 0.416 e. The van der Waals surface area contributed by atoms with Gasteiger partial charge in [0.25, 0.3) is 0 Å². The molecular formula is C29H29F3N2O4S. The van der Waals surface area contributed by atoms with E-state index in [4.69, 9.17) is 4.74 Å². The minimum Gasteiger partial charge on any atom is -0.465 e. The number of esters is 1. The van der Waals surface area contributed by atoms with Crippen molar-refractivity contribution in [1.82, 2.24) is 8.87 Å². The highest BCUT2D eigenvalue weighted by Gasteiger charge is 2.42. The Morgan fingerprint density at radius 1 is 1.08 bits per heavy atom. The Labute approximate surface area is 225 Å². The van der Waals surface area contributed by atoms with E-state index < -0.39 is 27.8 Å². The number of nitrogens with zero attached hydrogens (tertiary/aromatic N) is 2. The third kappa shape index (κ3) is 4.37. The van der Waals surface area contributed by atoms with Gasteiger partial charge in [0.1, 0.15) is 0 Å². The first-order valence-corrected chi connectivity index (χ1v) is 14.6. The van der Waals surface area contributed by atoms with Crippen LogP contribution in [0.5, 0.6) is 0 Å². The number of rotatable bonds is 4. The number of sulfonamides is 1. The molecule has 206 valence electrons. The summed E-state index contributed by atoms with van der Waals surface area (Å²) in [6.45, 7) is 2.15. The number of aromatic nitrogens is 1. The first-order chi connectivity index (χ1) is 18.5. The third-order valence-electron chi connectivity index (χ3n) is 8.16. The fourth-order valence-electron chi connectivity index (χ4n) is 6.25. The lowest BCUT2D eigenvalue weighted by atomic mass is 9.99. The van der Waals surface area contributed by atoms with Gasteiger partial charge in [0.2, 0.25) is 10.0 Å². The van der Waals surface area contributed by atoms with Crippen LogP contribution in [0.15, 0.2) is 53.6 Å². The Morgan fingerprint density at radius 3 is 2.54 bits per heavy atom. The summed E-state index contributed by atoms with van der Waals surface area (Å²) in [7, 11) is -2.83. The number of alkyl halides is 3. The van der Waals surface area contributed by atoms with Crippen LogP contribution in [-0.2, 0) is 33.8 Å². The number of halogens is 3. The number of carbonyl (C=O) groups excluding carboxylic acids is 1. The molecule has 10 heteroatoms. The Morgan fingerprint density at radius 2 is 1.85 bits per heavy atom. The second kappa shape index (κ2) is 9.23. The van der Waals surface area contributed by atoms with E-state index in [1.165, 1.54) is 17.5 Å². The van der Waals surface area contributed by atoms with Crippen LogP contribution in [0.2, 0.25) is 0 Å². The van der Waals surface area contributed by atoms with Gasteiger partial charge in [-0.2, -0.15) is 17.5 Å². The van der Waals surface area contributed by atoms with Gasteiger partial charge in [0, 0.05) is 30.0 Å². The Bertz CT molecular complexity index is 1570. The molecule has 0 spiro atoms. The maximum absolute atomic E-state index is 14.0. The van der Waals surface area contributed by atoms with Crippen LogP contribution >= 0.6 is 0 Å². The SMILES string of the molecule is COC(=O)c1ccn(-c2cccc3c2CCC3N2C[C@@H](C)Cc3ccc(C(F)(F)F)cc3S2(=O)=O)c1C1CC1. The molecule has 0 radical (unpaired) electrons. The van der Waals surface area contributed by atoms with Crippen molar-refractivity contribution in [3.05, 3.63) is 82.2 Å². The van der Waals surface area contributed by atoms with Gasteiger partial charge >= 0.3 is 12.1 Å². The lowest BCUT2D eigenvalue weighted by Crippen LogP contribution is -2.36. The van der Waals surface area contributed by atoms with Gasteiger partial charge in [-0.25, -0.2) is 13.2 Å². The Balaban J connectivity index is 1.43. The predicted octanol–water partition coefficient (Wildman–Crippen LogP) is 6.03. The molecule has 2 heterocycles. The van der Waals surface area contributed by atoms with E-state index in [-0.39, 0.29) is 29.2 Å². The molecule has 6 rings (SSSR count). The van der Waals surface area contributed by atoms with Gasteiger partial charge in [-0.05, 0) is 79.0 Å². The molecule has 39 heavy (non-hydrogen) atoms. The minimum atomic E-state index is -4.64. The van der Waals surface area contributed by atoms with E-state index in [0.717, 1.165) is 47.5 Å². The van der Waals surface area contributed by atoms with Gasteiger partial charge in [0.05, 0.1) is 29.2 Å². The topological polar surface area (TPSA) is 68.6 Å². The number of carbonyl (C=O) groups is 1. The summed E-state index contributed by atoms with van der Waals surface area (Å²) < 4.78 is 76.9. The summed E-state index contributed by atoms with van der Waals surface area (Å²) in [5.74, 6) is -0.200. The van der Waals surface area contributed by atoms with Crippen LogP contribution in [0.25, 0.3) is 5.69 Å². The Kier molecular flexibility index (Phi) is 6.18. The summed E-state index contributed by atoms with van der Waals surface area (Å²) >= 11 is 0. The summed E-state index contributed by atoms with van der Waals surface area (Å²) in [5, 5.41) is 0. The van der Waals surface area contributed by atoms with Crippen molar-refractivity contribution in [3.8, 4) is 5.69 Å². The summed E-state index contributed by atoms with van der Waals surface area (Å²) in [6.07, 6.45) is 0.707. The summed E-state index contributed by atoms with van der Waals surface area (Å²) in [4.78, 5) is 12.2. The summed E-state index contributed by atoms with van der Waals surface area (Å²) in [5.41, 5.74) is 3.64. The molecule has 0 saturated heterocycles. The second-order valence-corrected chi connectivity index (χ2v) is 12.7. The number of ether oxygens (including phenoxy) is 1. The fraction of sp³-hybridized carbons (Fsp3) is 0.414. The molecule has 0 N–H and O–H groups in total. The quantitative estimate of drug-likeness (QED) is 0.367. The highest BCUT2D eigenvalue weighted by molar-refractivity contribution is 7.89. The van der Waals surface area contributed by atoms with Gasteiger partial charge in [-0.3, -0.25) is 0 Å². The van der Waals surface area contributed by atoms with Crippen LogP contribution in [-0.4, -0.2) is 36.9 Å². The lowest BCUT2D eigenvalue weighted by Gasteiger charge is -2.29. The second-order valence-electron chi connectivity index (χ2n) is 10.9. The number of hydrogen-bond donors (Lipinski definition) is 0. The molecule has 1 saturated carbocycles. The van der Waals surface area contributed by atoms with Crippen molar-refractivity contribution in [2.45, 2.75) is 62.1 Å². The fourth-order valence-corrected chi connectivity index (χ4v) is 8.27. The van der Waals surface area contributed by atoms with Crippen molar-refractivity contribution in [3.63, 3.8) is 0 Å². The van der Waals surface area contributed by atoms with Gasteiger partial charge in [0.15, 0.2) is 0 Å². The van der Waals surface area contributed by atoms with Crippen LogP contribution in [0.4, 0.5) is 13.2 Å². The van der Waals surface area contributed by atoms with E-state index in [0.29, 0.717) is 30.4 Å². The van der Waals surface area contributed by atoms with Crippen LogP contribution in [0.3, 0.4) is 0 Å². The number of benzene rings is 2. The van der Waals surface area contributed by atoms with Crippen molar-refractivity contribution in [2.24, 2.45) is 5.92 Å². The number of fused-ring (bicyclic) bond motifs is 2. The van der Waals surface area contributed by atoms with E-state index in [1.807, 2.05) is 35.9 Å². The Hall–Kier alpha value is -3.11. The zero-order chi connectivity index (χ0) is 27.7. The molecule has 2 aromatic carbocycles. The van der Waals surface area contributed by atoms with E-state index >= 15 is 0 Å². The zero-order valence-electron chi connectivity index (χ0n) is 21.7. The molecule has 1 unspecified atom stereocenters. The standard InChI is InChI=1S/C29H29F3N2O4S/c1-17-14-19-8-9-20(29(30,31)32)15-26(19)39(36,37)34(16-17)25-11-10-22-21(25)4-3-5-24(22)33-13-12-23(28(35)38-2)27(33)18-6-7-18/h3-5,8-9,12-13,15,17-18,25H,6-7,10-11,14,16H2,1-2H3/t17-,25?/m0/s1. The average Bonchev–Trinajstić information content (AvgIpc) is 3.51. The minimum absolute atomic E-state index is 0.0708. The average molecular weight is 559 g/mol. The first-order valence-electron chi connectivity index (χ1n) is 13.1. The number of hydrogen-bond acceptors (Lipinski definition) is 4. The zero-order valence-corrected chi connectivity index (χ0v) is 22.5. The van der Waals surface area contributed by atoms with E-state index in [9.17, 15) is 26.4 Å². The highest BCUT2D eigenvalue weighted by Crippen LogP contribution is 2.47. The lowest BCUT2D eigenvalue weighted by molar-refractivity contribution is -0.137. The molecule has 3 aliphatic rings.